The molecule has 0 N–H and O–H groups in total. The molecule has 0 bridgehead atoms. The third-order valence-corrected chi connectivity index (χ3v) is 4.70. The summed E-state index contributed by atoms with van der Waals surface area (Å²) < 4.78 is 0. The summed E-state index contributed by atoms with van der Waals surface area (Å²) in [5.74, 6) is 0.0390. The molecular formula is C20H20N2OS. The van der Waals surface area contributed by atoms with Gasteiger partial charge in [-0.05, 0) is 48.9 Å². The molecule has 1 aliphatic heterocycles. The van der Waals surface area contributed by atoms with Crippen molar-refractivity contribution in [1.29, 1.82) is 0 Å². The second-order valence-corrected chi connectivity index (χ2v) is 6.72. The number of hydrogen-bond donors (Lipinski definition) is 0. The van der Waals surface area contributed by atoms with Gasteiger partial charge in [0.2, 0.25) is 0 Å². The smallest absolute Gasteiger partial charge is 0.266 e. The summed E-state index contributed by atoms with van der Waals surface area (Å²) in [5, 5.41) is 0.756. The van der Waals surface area contributed by atoms with Gasteiger partial charge in [0.25, 0.3) is 5.91 Å². The van der Waals surface area contributed by atoms with Crippen molar-refractivity contribution in [3.8, 4) is 0 Å². The molecule has 2 aromatic rings. The van der Waals surface area contributed by atoms with Crippen LogP contribution in [0.1, 0.15) is 24.5 Å². The van der Waals surface area contributed by atoms with Gasteiger partial charge < -0.3 is 0 Å². The van der Waals surface area contributed by atoms with Crippen molar-refractivity contribution in [2.24, 2.45) is 4.99 Å². The second kappa shape index (κ2) is 7.49. The quantitative estimate of drug-likeness (QED) is 0.735. The van der Waals surface area contributed by atoms with Crippen LogP contribution in [0.3, 0.4) is 0 Å². The Labute approximate surface area is 147 Å². The minimum Gasteiger partial charge on any atom is -0.286 e. The molecule has 0 spiro atoms. The second-order valence-electron chi connectivity index (χ2n) is 5.71. The summed E-state index contributed by atoms with van der Waals surface area (Å²) in [6.07, 6.45) is 2.85. The van der Waals surface area contributed by atoms with Crippen LogP contribution in [-0.2, 0) is 4.79 Å². The summed E-state index contributed by atoms with van der Waals surface area (Å²) in [6.45, 7) is 4.81. The van der Waals surface area contributed by atoms with Crippen molar-refractivity contribution in [3.63, 3.8) is 0 Å². The number of para-hydroxylation sites is 1. The van der Waals surface area contributed by atoms with Crippen LogP contribution in [0.15, 0.2) is 64.5 Å². The van der Waals surface area contributed by atoms with Gasteiger partial charge in [-0.15, -0.1) is 0 Å². The number of aliphatic imine (C=N–C) groups is 1. The third kappa shape index (κ3) is 3.77. The topological polar surface area (TPSA) is 32.7 Å². The van der Waals surface area contributed by atoms with E-state index in [-0.39, 0.29) is 5.91 Å². The minimum absolute atomic E-state index is 0.0390. The number of nitrogens with zero attached hydrogens (tertiary/aromatic N) is 2. The van der Waals surface area contributed by atoms with Gasteiger partial charge in [0.15, 0.2) is 5.17 Å². The Morgan fingerprint density at radius 1 is 1.08 bits per heavy atom. The molecule has 4 heteroatoms. The number of thioether (sulfide) groups is 1. The molecule has 0 unspecified atom stereocenters. The summed E-state index contributed by atoms with van der Waals surface area (Å²) in [7, 11) is 0. The van der Waals surface area contributed by atoms with Crippen molar-refractivity contribution < 1.29 is 4.79 Å². The standard InChI is InChI=1S/C20H20N2OS/c1-3-13-22-19(23)18(14-16-11-9-15(2)10-12-16)24-20(22)21-17-7-5-4-6-8-17/h4-12,14H,3,13H2,1-2H3/b18-14-,21-20?. The zero-order chi connectivity index (χ0) is 16.9. The first-order chi connectivity index (χ1) is 11.7. The summed E-state index contributed by atoms with van der Waals surface area (Å²) in [6, 6.07) is 17.9. The normalized spacial score (nSPS) is 17.9. The predicted molar refractivity (Wildman–Crippen MR) is 102 cm³/mol. The Morgan fingerprint density at radius 2 is 1.79 bits per heavy atom. The zero-order valence-electron chi connectivity index (χ0n) is 13.9. The molecule has 1 aliphatic rings. The van der Waals surface area contributed by atoms with Crippen LogP contribution < -0.4 is 0 Å². The summed E-state index contributed by atoms with van der Waals surface area (Å²) in [5.41, 5.74) is 3.11. The number of carbonyl (C=O) groups is 1. The Morgan fingerprint density at radius 3 is 2.46 bits per heavy atom. The van der Waals surface area contributed by atoms with Gasteiger partial charge in [-0.3, -0.25) is 9.69 Å². The van der Waals surface area contributed by atoms with E-state index in [1.807, 2.05) is 48.5 Å². The molecule has 0 atom stereocenters. The number of rotatable bonds is 4. The van der Waals surface area contributed by atoms with E-state index in [0.29, 0.717) is 6.54 Å². The highest BCUT2D eigenvalue weighted by atomic mass is 32.2. The van der Waals surface area contributed by atoms with Gasteiger partial charge in [-0.1, -0.05) is 55.0 Å². The Bertz CT molecular complexity index is 779. The van der Waals surface area contributed by atoms with Gasteiger partial charge in [0.05, 0.1) is 10.6 Å². The van der Waals surface area contributed by atoms with Gasteiger partial charge >= 0.3 is 0 Å². The maximum absolute atomic E-state index is 12.7. The van der Waals surface area contributed by atoms with Crippen molar-refractivity contribution >= 4 is 34.6 Å². The fraction of sp³-hybridized carbons (Fsp3) is 0.200. The molecule has 0 aliphatic carbocycles. The van der Waals surface area contributed by atoms with E-state index in [1.165, 1.54) is 17.3 Å². The van der Waals surface area contributed by atoms with Crippen LogP contribution >= 0.6 is 11.8 Å². The lowest BCUT2D eigenvalue weighted by Crippen LogP contribution is -2.29. The molecule has 3 nitrogen and oxygen atoms in total. The molecule has 1 heterocycles. The van der Waals surface area contributed by atoms with Crippen molar-refractivity contribution in [1.82, 2.24) is 4.90 Å². The number of amides is 1. The van der Waals surface area contributed by atoms with E-state index in [0.717, 1.165) is 27.7 Å². The Kier molecular flexibility index (Phi) is 5.16. The molecule has 122 valence electrons. The SMILES string of the molecule is CCCN1C(=O)/C(=C/c2ccc(C)cc2)SC1=Nc1ccccc1. The number of hydrogen-bond acceptors (Lipinski definition) is 3. The molecule has 1 saturated heterocycles. The van der Waals surface area contributed by atoms with E-state index >= 15 is 0 Å². The van der Waals surface area contributed by atoms with Gasteiger partial charge in [0, 0.05) is 6.54 Å². The highest BCUT2D eigenvalue weighted by Crippen LogP contribution is 2.34. The fourth-order valence-electron chi connectivity index (χ4n) is 2.44. The van der Waals surface area contributed by atoms with E-state index in [4.69, 9.17) is 0 Å². The average Bonchev–Trinajstić information content (AvgIpc) is 2.87. The van der Waals surface area contributed by atoms with Crippen LogP contribution in [0.4, 0.5) is 5.69 Å². The van der Waals surface area contributed by atoms with E-state index in [2.05, 4.69) is 31.0 Å². The van der Waals surface area contributed by atoms with Crippen LogP contribution in [0.5, 0.6) is 0 Å². The fourth-order valence-corrected chi connectivity index (χ4v) is 3.46. The molecule has 0 saturated carbocycles. The molecule has 3 rings (SSSR count). The maximum atomic E-state index is 12.7. The van der Waals surface area contributed by atoms with E-state index < -0.39 is 0 Å². The average molecular weight is 336 g/mol. The highest BCUT2D eigenvalue weighted by molar-refractivity contribution is 8.18. The van der Waals surface area contributed by atoms with Crippen LogP contribution in [-0.4, -0.2) is 22.5 Å². The molecule has 1 fully saturated rings. The van der Waals surface area contributed by atoms with Gasteiger partial charge in [0.1, 0.15) is 0 Å². The summed E-state index contributed by atoms with van der Waals surface area (Å²) >= 11 is 1.45. The first kappa shape index (κ1) is 16.5. The maximum Gasteiger partial charge on any atom is 0.266 e. The monoisotopic (exact) mass is 336 g/mol. The summed E-state index contributed by atoms with van der Waals surface area (Å²) in [4.78, 5) is 19.9. The molecule has 0 aromatic heterocycles. The van der Waals surface area contributed by atoms with Gasteiger partial charge in [-0.25, -0.2) is 4.99 Å². The lowest BCUT2D eigenvalue weighted by atomic mass is 10.1. The van der Waals surface area contributed by atoms with Crippen molar-refractivity contribution in [2.75, 3.05) is 6.54 Å². The number of carbonyl (C=O) groups excluding carboxylic acids is 1. The third-order valence-electron chi connectivity index (χ3n) is 3.69. The molecule has 24 heavy (non-hydrogen) atoms. The first-order valence-electron chi connectivity index (χ1n) is 8.09. The Hall–Kier alpha value is -2.33. The molecule has 1 amide bonds. The largest absolute Gasteiger partial charge is 0.286 e. The Balaban J connectivity index is 1.92. The zero-order valence-corrected chi connectivity index (χ0v) is 14.7. The highest BCUT2D eigenvalue weighted by Gasteiger charge is 2.32. The number of amidine groups is 1. The number of benzene rings is 2. The van der Waals surface area contributed by atoms with Crippen LogP contribution in [0.2, 0.25) is 0 Å². The minimum atomic E-state index is 0.0390. The predicted octanol–water partition coefficient (Wildman–Crippen LogP) is 5.01. The van der Waals surface area contributed by atoms with Crippen molar-refractivity contribution in [2.45, 2.75) is 20.3 Å². The van der Waals surface area contributed by atoms with Crippen LogP contribution in [0.25, 0.3) is 6.08 Å². The van der Waals surface area contributed by atoms with Crippen LogP contribution in [0, 0.1) is 6.92 Å². The van der Waals surface area contributed by atoms with Gasteiger partial charge in [-0.2, -0.15) is 0 Å². The lowest BCUT2D eigenvalue weighted by Gasteiger charge is -2.13. The molecule has 0 radical (unpaired) electrons. The first-order valence-corrected chi connectivity index (χ1v) is 8.91. The van der Waals surface area contributed by atoms with E-state index in [9.17, 15) is 4.79 Å². The lowest BCUT2D eigenvalue weighted by molar-refractivity contribution is -0.122. The molecular weight excluding hydrogens is 316 g/mol. The number of aryl methyl sites for hydroxylation is 1. The van der Waals surface area contributed by atoms with E-state index in [1.54, 1.807) is 4.90 Å². The van der Waals surface area contributed by atoms with Crippen molar-refractivity contribution in [3.05, 3.63) is 70.6 Å². The molecule has 2 aromatic carbocycles.